The highest BCUT2D eigenvalue weighted by Crippen LogP contribution is 2.18. The Kier molecular flexibility index (Phi) is 3.89. The Balaban J connectivity index is 2.63. The number of hydrogen-bond donors (Lipinski definition) is 0. The number of hydrogen-bond acceptors (Lipinski definition) is 4. The van der Waals surface area contributed by atoms with Crippen LogP contribution in [0, 0.1) is 0 Å². The molecule has 0 saturated carbocycles. The Hall–Kier alpha value is -1.84. The van der Waals surface area contributed by atoms with E-state index in [4.69, 9.17) is 9.47 Å². The average molecular weight is 236 g/mol. The summed E-state index contributed by atoms with van der Waals surface area (Å²) in [5.74, 6) is 0.163. The number of carbonyl (C=O) groups is 2. The summed E-state index contributed by atoms with van der Waals surface area (Å²) in [5.41, 5.74) is -0.0974. The molecule has 0 spiro atoms. The van der Waals surface area contributed by atoms with Gasteiger partial charge < -0.3 is 9.47 Å². The van der Waals surface area contributed by atoms with Crippen molar-refractivity contribution in [3.05, 3.63) is 36.1 Å². The molecule has 0 N–H and O–H groups in total. The molecule has 1 aliphatic rings. The molecule has 4 heteroatoms. The van der Waals surface area contributed by atoms with Gasteiger partial charge in [0.05, 0.1) is 6.42 Å². The maximum absolute atomic E-state index is 11.5. The maximum Gasteiger partial charge on any atom is 0.514 e. The Labute approximate surface area is 101 Å². The molecule has 0 aliphatic heterocycles. The normalized spacial score (nSPS) is 15.8. The molecule has 0 bridgehead atoms. The number of Topliss-reactive ketones (excluding diaryl/α,β-unsaturated/α-hetero) is 1. The molecule has 92 valence electrons. The first-order valence-electron chi connectivity index (χ1n) is 5.29. The van der Waals surface area contributed by atoms with Gasteiger partial charge in [-0.1, -0.05) is 12.7 Å². The maximum atomic E-state index is 11.5. The van der Waals surface area contributed by atoms with Crippen LogP contribution in [0.2, 0.25) is 0 Å². The summed E-state index contributed by atoms with van der Waals surface area (Å²) in [4.78, 5) is 22.8. The van der Waals surface area contributed by atoms with E-state index in [1.54, 1.807) is 32.9 Å². The minimum Gasteiger partial charge on any atom is -0.428 e. The second-order valence-corrected chi connectivity index (χ2v) is 4.63. The van der Waals surface area contributed by atoms with Crippen LogP contribution in [0.1, 0.15) is 27.2 Å². The van der Waals surface area contributed by atoms with Gasteiger partial charge in [0.25, 0.3) is 0 Å². The van der Waals surface area contributed by atoms with E-state index < -0.39 is 11.8 Å². The zero-order chi connectivity index (χ0) is 13.1. The highest BCUT2D eigenvalue weighted by molar-refractivity contribution is 6.00. The summed E-state index contributed by atoms with van der Waals surface area (Å²) in [7, 11) is 0. The molecule has 4 nitrogen and oxygen atoms in total. The molecule has 1 rings (SSSR count). The third kappa shape index (κ3) is 4.26. The van der Waals surface area contributed by atoms with Gasteiger partial charge in [-0.15, -0.1) is 0 Å². The van der Waals surface area contributed by atoms with Crippen LogP contribution in [0.5, 0.6) is 0 Å². The summed E-state index contributed by atoms with van der Waals surface area (Å²) >= 11 is 0. The van der Waals surface area contributed by atoms with E-state index in [1.807, 2.05) is 0 Å². The van der Waals surface area contributed by atoms with Crippen LogP contribution in [-0.2, 0) is 14.3 Å². The molecule has 0 radical (unpaired) electrons. The van der Waals surface area contributed by atoms with Crippen LogP contribution in [0.3, 0.4) is 0 Å². The van der Waals surface area contributed by atoms with E-state index in [-0.39, 0.29) is 18.0 Å². The predicted molar refractivity (Wildman–Crippen MR) is 63.3 cm³/mol. The summed E-state index contributed by atoms with van der Waals surface area (Å²) in [6, 6.07) is 0. The Bertz CT molecular complexity index is 408. The highest BCUT2D eigenvalue weighted by Gasteiger charge is 2.21. The largest absolute Gasteiger partial charge is 0.514 e. The lowest BCUT2D eigenvalue weighted by atomic mass is 10.0. The molecule has 0 amide bonds. The molecule has 1 aliphatic carbocycles. The zero-order valence-corrected chi connectivity index (χ0v) is 10.3. The Morgan fingerprint density at radius 2 is 2.06 bits per heavy atom. The summed E-state index contributed by atoms with van der Waals surface area (Å²) in [6.45, 7) is 8.74. The van der Waals surface area contributed by atoms with Crippen molar-refractivity contribution in [2.75, 3.05) is 0 Å². The van der Waals surface area contributed by atoms with Crippen molar-refractivity contribution in [3.8, 4) is 0 Å². The number of rotatable bonds is 2. The van der Waals surface area contributed by atoms with Gasteiger partial charge >= 0.3 is 6.16 Å². The van der Waals surface area contributed by atoms with Crippen molar-refractivity contribution in [1.29, 1.82) is 0 Å². The first-order chi connectivity index (χ1) is 7.81. The molecular weight excluding hydrogens is 220 g/mol. The monoisotopic (exact) mass is 236 g/mol. The van der Waals surface area contributed by atoms with Crippen LogP contribution >= 0.6 is 0 Å². The van der Waals surface area contributed by atoms with Gasteiger partial charge in [0.2, 0.25) is 0 Å². The molecule has 0 atom stereocenters. The smallest absolute Gasteiger partial charge is 0.428 e. The second kappa shape index (κ2) is 4.99. The molecule has 0 aromatic rings. The lowest BCUT2D eigenvalue weighted by Crippen LogP contribution is -2.25. The van der Waals surface area contributed by atoms with Gasteiger partial charge in [0.15, 0.2) is 5.78 Å². The molecule has 0 saturated heterocycles. The van der Waals surface area contributed by atoms with Gasteiger partial charge in [0, 0.05) is 5.57 Å². The quantitative estimate of drug-likeness (QED) is 0.692. The third-order valence-corrected chi connectivity index (χ3v) is 1.93. The second-order valence-electron chi connectivity index (χ2n) is 4.63. The molecule has 0 heterocycles. The predicted octanol–water partition coefficient (Wildman–Crippen LogP) is 2.91. The molecule has 0 unspecified atom stereocenters. The Morgan fingerprint density at radius 1 is 1.41 bits per heavy atom. The van der Waals surface area contributed by atoms with E-state index in [0.717, 1.165) is 0 Å². The van der Waals surface area contributed by atoms with Crippen LogP contribution in [-0.4, -0.2) is 17.5 Å². The molecule has 0 fully saturated rings. The van der Waals surface area contributed by atoms with Gasteiger partial charge in [-0.05, 0) is 32.9 Å². The van der Waals surface area contributed by atoms with Crippen molar-refractivity contribution in [1.82, 2.24) is 0 Å². The topological polar surface area (TPSA) is 52.6 Å². The summed E-state index contributed by atoms with van der Waals surface area (Å²) < 4.78 is 9.91. The van der Waals surface area contributed by atoms with E-state index in [2.05, 4.69) is 6.58 Å². The van der Waals surface area contributed by atoms with Crippen molar-refractivity contribution >= 4 is 11.9 Å². The molecule has 0 aromatic heterocycles. The van der Waals surface area contributed by atoms with Crippen LogP contribution in [0.4, 0.5) is 4.79 Å². The van der Waals surface area contributed by atoms with E-state index in [0.29, 0.717) is 5.57 Å². The van der Waals surface area contributed by atoms with E-state index in [9.17, 15) is 9.59 Å². The first kappa shape index (κ1) is 13.2. The van der Waals surface area contributed by atoms with Gasteiger partial charge in [0.1, 0.15) is 11.4 Å². The van der Waals surface area contributed by atoms with Crippen LogP contribution in [0.15, 0.2) is 36.1 Å². The minimum atomic E-state index is -0.799. The summed E-state index contributed by atoms with van der Waals surface area (Å²) in [5, 5.41) is 0. The highest BCUT2D eigenvalue weighted by atomic mass is 16.7. The fraction of sp³-hybridized carbons (Fsp3) is 0.385. The van der Waals surface area contributed by atoms with Crippen molar-refractivity contribution in [3.63, 3.8) is 0 Å². The van der Waals surface area contributed by atoms with Crippen molar-refractivity contribution in [2.45, 2.75) is 32.8 Å². The van der Waals surface area contributed by atoms with Gasteiger partial charge in [-0.3, -0.25) is 4.79 Å². The van der Waals surface area contributed by atoms with Gasteiger partial charge in [-0.2, -0.15) is 0 Å². The van der Waals surface area contributed by atoms with Crippen LogP contribution in [0.25, 0.3) is 0 Å². The molecular formula is C13H16O4. The third-order valence-electron chi connectivity index (χ3n) is 1.93. The lowest BCUT2D eigenvalue weighted by molar-refractivity contribution is -0.115. The lowest BCUT2D eigenvalue weighted by Gasteiger charge is -2.19. The van der Waals surface area contributed by atoms with Crippen LogP contribution < -0.4 is 0 Å². The fourth-order valence-electron chi connectivity index (χ4n) is 1.22. The number of ether oxygens (including phenoxy) is 2. The Morgan fingerprint density at radius 3 is 2.53 bits per heavy atom. The minimum absolute atomic E-state index is 0.0527. The van der Waals surface area contributed by atoms with Crippen molar-refractivity contribution < 1.29 is 19.1 Å². The fourth-order valence-corrected chi connectivity index (χ4v) is 1.22. The van der Waals surface area contributed by atoms with Gasteiger partial charge in [-0.25, -0.2) is 4.79 Å². The summed E-state index contributed by atoms with van der Waals surface area (Å²) in [6.07, 6.45) is 3.87. The van der Waals surface area contributed by atoms with Crippen molar-refractivity contribution in [2.24, 2.45) is 0 Å². The number of allylic oxidation sites excluding steroid dienone is 5. The standard InChI is InChI=1S/C13H16O4/c1-5-9-6-7-10(8-11(9)14)16-12(15)17-13(2,3)4/h5-7H,1,8H2,2-4H3. The number of carbonyl (C=O) groups excluding carboxylic acids is 2. The average Bonchev–Trinajstić information content (AvgIpc) is 2.14. The SMILES string of the molecule is C=CC1=CC=C(OC(=O)OC(C)(C)C)CC1=O. The molecule has 17 heavy (non-hydrogen) atoms. The first-order valence-corrected chi connectivity index (χ1v) is 5.29. The van der Waals surface area contributed by atoms with E-state index in [1.165, 1.54) is 6.08 Å². The number of ketones is 1. The van der Waals surface area contributed by atoms with E-state index >= 15 is 0 Å². The molecule has 0 aromatic carbocycles. The zero-order valence-electron chi connectivity index (χ0n) is 10.3.